The molecule has 0 bridgehead atoms. The molecule has 5 heteroatoms. The zero-order chi connectivity index (χ0) is 14.7. The van der Waals surface area contributed by atoms with E-state index in [2.05, 4.69) is 12.2 Å². The molecule has 2 unspecified atom stereocenters. The monoisotopic (exact) mass is 282 g/mol. The highest BCUT2D eigenvalue weighted by Gasteiger charge is 2.30. The van der Waals surface area contributed by atoms with Gasteiger partial charge in [-0.05, 0) is 37.6 Å². The van der Waals surface area contributed by atoms with Crippen molar-refractivity contribution < 1.29 is 13.6 Å². The van der Waals surface area contributed by atoms with Gasteiger partial charge in [-0.1, -0.05) is 13.3 Å². The predicted octanol–water partition coefficient (Wildman–Crippen LogP) is 2.42. The lowest BCUT2D eigenvalue weighted by Gasteiger charge is -2.38. The zero-order valence-corrected chi connectivity index (χ0v) is 11.8. The standard InChI is InChI=1S/C15H20F2N2O/c1-3-10-9-19(7-6-14(10)18-2)15(20)12-8-11(16)4-5-13(12)17/h4-5,8,10,14,18H,3,6-7,9H2,1-2H3. The lowest BCUT2D eigenvalue weighted by molar-refractivity contribution is 0.0626. The summed E-state index contributed by atoms with van der Waals surface area (Å²) in [5.74, 6) is -1.34. The normalized spacial score (nSPS) is 22.9. The van der Waals surface area contributed by atoms with Crippen LogP contribution in [-0.2, 0) is 0 Å². The summed E-state index contributed by atoms with van der Waals surface area (Å²) in [6.07, 6.45) is 1.78. The fourth-order valence-electron chi connectivity index (χ4n) is 2.84. The topological polar surface area (TPSA) is 32.3 Å². The van der Waals surface area contributed by atoms with Crippen molar-refractivity contribution in [2.75, 3.05) is 20.1 Å². The molecular formula is C15H20F2N2O. The molecule has 0 saturated carbocycles. The van der Waals surface area contributed by atoms with Crippen molar-refractivity contribution in [2.45, 2.75) is 25.8 Å². The molecule has 1 aromatic rings. The number of likely N-dealkylation sites (tertiary alicyclic amines) is 1. The van der Waals surface area contributed by atoms with Crippen molar-refractivity contribution in [2.24, 2.45) is 5.92 Å². The Morgan fingerprint density at radius 3 is 2.85 bits per heavy atom. The van der Waals surface area contributed by atoms with E-state index < -0.39 is 17.5 Å². The molecule has 110 valence electrons. The fourth-order valence-corrected chi connectivity index (χ4v) is 2.84. The first-order valence-electron chi connectivity index (χ1n) is 6.98. The highest BCUT2D eigenvalue weighted by Crippen LogP contribution is 2.22. The SMILES string of the molecule is CCC1CN(C(=O)c2cc(F)ccc2F)CCC1NC. The molecule has 1 saturated heterocycles. The summed E-state index contributed by atoms with van der Waals surface area (Å²) in [7, 11) is 1.91. The minimum absolute atomic E-state index is 0.178. The number of hydrogen-bond acceptors (Lipinski definition) is 2. The van der Waals surface area contributed by atoms with Crippen molar-refractivity contribution >= 4 is 5.91 Å². The third kappa shape index (κ3) is 2.98. The van der Waals surface area contributed by atoms with Gasteiger partial charge in [0.05, 0.1) is 5.56 Å². The molecule has 2 rings (SSSR count). The Balaban J connectivity index is 2.15. The third-order valence-corrected chi connectivity index (χ3v) is 4.08. The van der Waals surface area contributed by atoms with Crippen molar-refractivity contribution in [1.29, 1.82) is 0 Å². The summed E-state index contributed by atoms with van der Waals surface area (Å²) in [6, 6.07) is 3.37. The second kappa shape index (κ2) is 6.31. The largest absolute Gasteiger partial charge is 0.338 e. The van der Waals surface area contributed by atoms with Gasteiger partial charge < -0.3 is 10.2 Å². The molecule has 1 N–H and O–H groups in total. The van der Waals surface area contributed by atoms with Crippen molar-refractivity contribution in [1.82, 2.24) is 10.2 Å². The summed E-state index contributed by atoms with van der Waals surface area (Å²) in [5, 5.41) is 3.25. The zero-order valence-electron chi connectivity index (χ0n) is 11.8. The molecule has 1 heterocycles. The van der Waals surface area contributed by atoms with Gasteiger partial charge in [0.15, 0.2) is 0 Å². The number of nitrogens with one attached hydrogen (secondary N) is 1. The summed E-state index contributed by atoms with van der Waals surface area (Å²) < 4.78 is 26.9. The lowest BCUT2D eigenvalue weighted by Crippen LogP contribution is -2.50. The average Bonchev–Trinajstić information content (AvgIpc) is 2.48. The van der Waals surface area contributed by atoms with Crippen LogP contribution in [0.5, 0.6) is 0 Å². The second-order valence-electron chi connectivity index (χ2n) is 5.23. The Morgan fingerprint density at radius 2 is 2.20 bits per heavy atom. The van der Waals surface area contributed by atoms with E-state index in [0.717, 1.165) is 31.0 Å². The molecule has 3 nitrogen and oxygen atoms in total. The number of carbonyl (C=O) groups is 1. The average molecular weight is 282 g/mol. The number of nitrogens with zero attached hydrogens (tertiary/aromatic N) is 1. The maximum atomic E-state index is 13.7. The molecule has 2 atom stereocenters. The van der Waals surface area contributed by atoms with Crippen LogP contribution in [0.3, 0.4) is 0 Å². The second-order valence-corrected chi connectivity index (χ2v) is 5.23. The van der Waals surface area contributed by atoms with Crippen molar-refractivity contribution in [3.05, 3.63) is 35.4 Å². The Morgan fingerprint density at radius 1 is 1.45 bits per heavy atom. The maximum absolute atomic E-state index is 13.7. The molecule has 1 amide bonds. The van der Waals surface area contributed by atoms with Gasteiger partial charge in [0.25, 0.3) is 5.91 Å². The van der Waals surface area contributed by atoms with Gasteiger partial charge in [-0.25, -0.2) is 8.78 Å². The van der Waals surface area contributed by atoms with Crippen LogP contribution in [0.1, 0.15) is 30.1 Å². The van der Waals surface area contributed by atoms with Crippen LogP contribution < -0.4 is 5.32 Å². The molecule has 0 aliphatic carbocycles. The Kier molecular flexibility index (Phi) is 4.70. The van der Waals surface area contributed by atoms with E-state index in [-0.39, 0.29) is 5.56 Å². The summed E-state index contributed by atoms with van der Waals surface area (Å²) in [5.41, 5.74) is -0.178. The number of amides is 1. The Hall–Kier alpha value is -1.49. The van der Waals surface area contributed by atoms with Crippen LogP contribution in [0, 0.1) is 17.6 Å². The third-order valence-electron chi connectivity index (χ3n) is 4.08. The van der Waals surface area contributed by atoms with E-state index in [4.69, 9.17) is 0 Å². The first-order chi connectivity index (χ1) is 9.56. The molecule has 1 fully saturated rings. The number of hydrogen-bond donors (Lipinski definition) is 1. The molecule has 0 spiro atoms. The molecule has 1 aliphatic heterocycles. The van der Waals surface area contributed by atoms with Gasteiger partial charge in [0, 0.05) is 19.1 Å². The van der Waals surface area contributed by atoms with E-state index >= 15 is 0 Å². The van der Waals surface area contributed by atoms with Crippen LogP contribution in [0.4, 0.5) is 8.78 Å². The van der Waals surface area contributed by atoms with Crippen molar-refractivity contribution in [3.8, 4) is 0 Å². The lowest BCUT2D eigenvalue weighted by atomic mass is 9.89. The van der Waals surface area contributed by atoms with Gasteiger partial charge in [0.1, 0.15) is 11.6 Å². The van der Waals surface area contributed by atoms with Crippen LogP contribution in [0.25, 0.3) is 0 Å². The molecule has 20 heavy (non-hydrogen) atoms. The van der Waals surface area contributed by atoms with Crippen LogP contribution >= 0.6 is 0 Å². The number of rotatable bonds is 3. The fraction of sp³-hybridized carbons (Fsp3) is 0.533. The minimum Gasteiger partial charge on any atom is -0.338 e. The molecule has 1 aromatic carbocycles. The van der Waals surface area contributed by atoms with E-state index in [9.17, 15) is 13.6 Å². The number of carbonyl (C=O) groups excluding carboxylic acids is 1. The van der Waals surface area contributed by atoms with Gasteiger partial charge in [-0.15, -0.1) is 0 Å². The van der Waals surface area contributed by atoms with Crippen LogP contribution in [0.15, 0.2) is 18.2 Å². The summed E-state index contributed by atoms with van der Waals surface area (Å²) >= 11 is 0. The minimum atomic E-state index is -0.666. The smallest absolute Gasteiger partial charge is 0.256 e. The number of piperidine rings is 1. The summed E-state index contributed by atoms with van der Waals surface area (Å²) in [4.78, 5) is 14.0. The van der Waals surface area contributed by atoms with Crippen LogP contribution in [0.2, 0.25) is 0 Å². The molecule has 0 aromatic heterocycles. The van der Waals surface area contributed by atoms with E-state index in [1.54, 1.807) is 4.90 Å². The van der Waals surface area contributed by atoms with E-state index in [1.807, 2.05) is 7.05 Å². The number of benzene rings is 1. The quantitative estimate of drug-likeness (QED) is 0.923. The number of halogens is 2. The maximum Gasteiger partial charge on any atom is 0.256 e. The molecule has 1 aliphatic rings. The van der Waals surface area contributed by atoms with Gasteiger partial charge in [-0.3, -0.25) is 4.79 Å². The predicted molar refractivity (Wildman–Crippen MR) is 73.5 cm³/mol. The van der Waals surface area contributed by atoms with Gasteiger partial charge in [0.2, 0.25) is 0 Å². The first-order valence-corrected chi connectivity index (χ1v) is 6.98. The first kappa shape index (κ1) is 14.9. The summed E-state index contributed by atoms with van der Waals surface area (Å²) in [6.45, 7) is 3.22. The van der Waals surface area contributed by atoms with Crippen molar-refractivity contribution in [3.63, 3.8) is 0 Å². The molecule has 0 radical (unpaired) electrons. The van der Waals surface area contributed by atoms with Crippen LogP contribution in [-0.4, -0.2) is 37.0 Å². The Labute approximate surface area is 118 Å². The highest BCUT2D eigenvalue weighted by atomic mass is 19.1. The molecular weight excluding hydrogens is 262 g/mol. The van der Waals surface area contributed by atoms with Gasteiger partial charge in [-0.2, -0.15) is 0 Å². The highest BCUT2D eigenvalue weighted by molar-refractivity contribution is 5.94. The van der Waals surface area contributed by atoms with E-state index in [1.165, 1.54) is 0 Å². The van der Waals surface area contributed by atoms with Gasteiger partial charge >= 0.3 is 0 Å². The van der Waals surface area contributed by atoms with E-state index in [0.29, 0.717) is 25.0 Å². The Bertz CT molecular complexity index is 493.